The molecule has 0 unspecified atom stereocenters. The van der Waals surface area contributed by atoms with E-state index in [1.54, 1.807) is 24.3 Å². The summed E-state index contributed by atoms with van der Waals surface area (Å²) in [6.07, 6.45) is 3.59. The monoisotopic (exact) mass is 328 g/mol. The van der Waals surface area contributed by atoms with Crippen molar-refractivity contribution in [3.05, 3.63) is 77.1 Å². The molecule has 0 fully saturated rings. The lowest BCUT2D eigenvalue weighted by Gasteiger charge is -2.06. The smallest absolute Gasteiger partial charge is 0.407 e. The number of hydrogen-bond donors (Lipinski definition) is 2. The van der Waals surface area contributed by atoms with E-state index in [4.69, 9.17) is 10.5 Å². The topological polar surface area (TPSA) is 64.3 Å². The Morgan fingerprint density at radius 1 is 1.17 bits per heavy atom. The fourth-order valence-corrected chi connectivity index (χ4v) is 2.09. The van der Waals surface area contributed by atoms with Gasteiger partial charge in [-0.3, -0.25) is 0 Å². The number of halogens is 1. The second-order valence-corrected chi connectivity index (χ2v) is 5.24. The number of carbonyl (C=O) groups is 1. The molecule has 0 atom stereocenters. The molecule has 0 bridgehead atoms. The van der Waals surface area contributed by atoms with E-state index < -0.39 is 6.09 Å². The molecule has 0 aliphatic heterocycles. The molecule has 126 valence electrons. The number of hydrogen-bond acceptors (Lipinski definition) is 3. The van der Waals surface area contributed by atoms with E-state index in [0.717, 1.165) is 11.1 Å². The van der Waals surface area contributed by atoms with Crippen LogP contribution in [0.4, 0.5) is 9.18 Å². The number of amides is 1. The number of carbonyl (C=O) groups excluding carboxylic acids is 1. The Morgan fingerprint density at radius 3 is 2.71 bits per heavy atom. The predicted octanol–water partition coefficient (Wildman–Crippen LogP) is 3.61. The standard InChI is InChI=1S/C19H21FN2O2/c20-18-10-9-16(13-21)12-17(18)8-4-5-11-22-19(23)24-14-15-6-2-1-3-7-15/h1-4,6-10,12H,5,11,13-14,21H2,(H,22,23). The average Bonchev–Trinajstić information content (AvgIpc) is 2.62. The zero-order chi connectivity index (χ0) is 17.2. The summed E-state index contributed by atoms with van der Waals surface area (Å²) in [5.74, 6) is -0.293. The van der Waals surface area contributed by atoms with Gasteiger partial charge in [-0.1, -0.05) is 48.6 Å². The fraction of sp³-hybridized carbons (Fsp3) is 0.211. The SMILES string of the molecule is NCc1ccc(F)c(C=CCCNC(=O)OCc2ccccc2)c1. The van der Waals surface area contributed by atoms with Gasteiger partial charge in [0, 0.05) is 18.7 Å². The van der Waals surface area contributed by atoms with Gasteiger partial charge in [0.2, 0.25) is 0 Å². The summed E-state index contributed by atoms with van der Waals surface area (Å²) in [4.78, 5) is 11.6. The van der Waals surface area contributed by atoms with E-state index in [1.165, 1.54) is 6.07 Å². The van der Waals surface area contributed by atoms with E-state index in [0.29, 0.717) is 25.1 Å². The molecule has 0 aromatic heterocycles. The normalized spacial score (nSPS) is 10.8. The highest BCUT2D eigenvalue weighted by Crippen LogP contribution is 2.12. The van der Waals surface area contributed by atoms with Crippen LogP contribution in [0.25, 0.3) is 6.08 Å². The maximum atomic E-state index is 13.6. The van der Waals surface area contributed by atoms with Crippen LogP contribution in [0.5, 0.6) is 0 Å². The maximum absolute atomic E-state index is 13.6. The average molecular weight is 328 g/mol. The quantitative estimate of drug-likeness (QED) is 0.763. The Labute approximate surface area is 141 Å². The molecule has 0 radical (unpaired) electrons. The lowest BCUT2D eigenvalue weighted by atomic mass is 10.1. The largest absolute Gasteiger partial charge is 0.445 e. The first-order valence-electron chi connectivity index (χ1n) is 7.78. The molecule has 2 rings (SSSR count). The lowest BCUT2D eigenvalue weighted by Crippen LogP contribution is -2.24. The Balaban J connectivity index is 1.69. The van der Waals surface area contributed by atoms with Crippen molar-refractivity contribution in [3.8, 4) is 0 Å². The summed E-state index contributed by atoms with van der Waals surface area (Å²) >= 11 is 0. The molecular formula is C19H21FN2O2. The van der Waals surface area contributed by atoms with Crippen LogP contribution in [0, 0.1) is 5.82 Å². The number of ether oxygens (including phenoxy) is 1. The van der Waals surface area contributed by atoms with E-state index in [9.17, 15) is 9.18 Å². The van der Waals surface area contributed by atoms with Crippen molar-refractivity contribution in [2.75, 3.05) is 6.54 Å². The zero-order valence-electron chi connectivity index (χ0n) is 13.4. The summed E-state index contributed by atoms with van der Waals surface area (Å²) in [6.45, 7) is 1.03. The summed E-state index contributed by atoms with van der Waals surface area (Å²) < 4.78 is 18.7. The minimum atomic E-state index is -0.469. The van der Waals surface area contributed by atoms with Gasteiger partial charge in [-0.15, -0.1) is 0 Å². The maximum Gasteiger partial charge on any atom is 0.407 e. The number of nitrogens with one attached hydrogen (secondary N) is 1. The molecule has 0 heterocycles. The Kier molecular flexibility index (Phi) is 6.98. The molecule has 0 aliphatic rings. The van der Waals surface area contributed by atoms with E-state index >= 15 is 0 Å². The van der Waals surface area contributed by atoms with Crippen molar-refractivity contribution in [2.24, 2.45) is 5.73 Å². The highest BCUT2D eigenvalue weighted by Gasteiger charge is 2.01. The van der Waals surface area contributed by atoms with Gasteiger partial charge < -0.3 is 15.8 Å². The molecule has 2 aromatic rings. The van der Waals surface area contributed by atoms with Crippen LogP contribution in [0.3, 0.4) is 0 Å². The van der Waals surface area contributed by atoms with Crippen molar-refractivity contribution in [1.82, 2.24) is 5.32 Å². The molecular weight excluding hydrogens is 307 g/mol. The van der Waals surface area contributed by atoms with Gasteiger partial charge in [0.25, 0.3) is 0 Å². The van der Waals surface area contributed by atoms with Crippen molar-refractivity contribution in [3.63, 3.8) is 0 Å². The van der Waals surface area contributed by atoms with Gasteiger partial charge >= 0.3 is 6.09 Å². The van der Waals surface area contributed by atoms with E-state index in [2.05, 4.69) is 5.32 Å². The first-order chi connectivity index (χ1) is 11.7. The highest BCUT2D eigenvalue weighted by atomic mass is 19.1. The molecule has 1 amide bonds. The summed E-state index contributed by atoms with van der Waals surface area (Å²) in [5.41, 5.74) is 7.84. The van der Waals surface area contributed by atoms with Crippen molar-refractivity contribution >= 4 is 12.2 Å². The van der Waals surface area contributed by atoms with Gasteiger partial charge in [-0.25, -0.2) is 9.18 Å². The molecule has 0 aliphatic carbocycles. The molecule has 0 spiro atoms. The van der Waals surface area contributed by atoms with Crippen molar-refractivity contribution in [1.29, 1.82) is 0 Å². The molecule has 3 N–H and O–H groups in total. The van der Waals surface area contributed by atoms with Gasteiger partial charge in [-0.05, 0) is 29.7 Å². The minimum Gasteiger partial charge on any atom is -0.445 e. The van der Waals surface area contributed by atoms with Gasteiger partial charge in [0.05, 0.1) is 0 Å². The second kappa shape index (κ2) is 9.47. The summed E-state index contributed by atoms with van der Waals surface area (Å²) in [6, 6.07) is 14.2. The van der Waals surface area contributed by atoms with Crippen LogP contribution in [0.15, 0.2) is 54.6 Å². The van der Waals surface area contributed by atoms with E-state index in [1.807, 2.05) is 30.3 Å². The number of benzene rings is 2. The molecule has 2 aromatic carbocycles. The number of nitrogens with two attached hydrogens (primary N) is 1. The zero-order valence-corrected chi connectivity index (χ0v) is 13.4. The lowest BCUT2D eigenvalue weighted by molar-refractivity contribution is 0.140. The van der Waals surface area contributed by atoms with Crippen molar-refractivity contribution < 1.29 is 13.9 Å². The van der Waals surface area contributed by atoms with Gasteiger partial charge in [-0.2, -0.15) is 0 Å². The first-order valence-corrected chi connectivity index (χ1v) is 7.78. The van der Waals surface area contributed by atoms with Crippen molar-refractivity contribution in [2.45, 2.75) is 19.6 Å². The van der Waals surface area contributed by atoms with E-state index in [-0.39, 0.29) is 12.4 Å². The van der Waals surface area contributed by atoms with Crippen LogP contribution < -0.4 is 11.1 Å². The fourth-order valence-electron chi connectivity index (χ4n) is 2.09. The third-order valence-corrected chi connectivity index (χ3v) is 3.39. The van der Waals surface area contributed by atoms with Crippen LogP contribution in [0.2, 0.25) is 0 Å². The Morgan fingerprint density at radius 2 is 1.96 bits per heavy atom. The molecule has 5 heteroatoms. The molecule has 0 saturated carbocycles. The third-order valence-electron chi connectivity index (χ3n) is 3.39. The predicted molar refractivity (Wildman–Crippen MR) is 92.6 cm³/mol. The molecule has 4 nitrogen and oxygen atoms in total. The van der Waals surface area contributed by atoms with Crippen LogP contribution in [-0.2, 0) is 17.9 Å². The van der Waals surface area contributed by atoms with Gasteiger partial charge in [0.1, 0.15) is 12.4 Å². The van der Waals surface area contributed by atoms with Crippen LogP contribution in [0.1, 0.15) is 23.1 Å². The Bertz CT molecular complexity index is 687. The van der Waals surface area contributed by atoms with Crippen LogP contribution >= 0.6 is 0 Å². The minimum absolute atomic E-state index is 0.236. The first kappa shape index (κ1) is 17.7. The second-order valence-electron chi connectivity index (χ2n) is 5.24. The summed E-state index contributed by atoms with van der Waals surface area (Å²) in [7, 11) is 0. The number of rotatable bonds is 7. The number of alkyl carbamates (subject to hydrolysis) is 1. The summed E-state index contributed by atoms with van der Waals surface area (Å²) in [5, 5.41) is 2.65. The third kappa shape index (κ3) is 5.85. The highest BCUT2D eigenvalue weighted by molar-refractivity contribution is 5.67. The molecule has 0 saturated heterocycles. The Hall–Kier alpha value is -2.66. The van der Waals surface area contributed by atoms with Crippen LogP contribution in [-0.4, -0.2) is 12.6 Å². The molecule has 24 heavy (non-hydrogen) atoms. The van der Waals surface area contributed by atoms with Gasteiger partial charge in [0.15, 0.2) is 0 Å².